The monoisotopic (exact) mass is 244 g/mol. The minimum Gasteiger partial charge on any atom is -0.346 e. The fraction of sp³-hybridized carbons (Fsp3) is 0.500. The quantitative estimate of drug-likeness (QED) is 0.758. The molecule has 1 aromatic carbocycles. The maximum atomic E-state index is 6.15. The van der Waals surface area contributed by atoms with Crippen LogP contribution in [0.25, 0.3) is 0 Å². The molecule has 2 atom stereocenters. The Kier molecular flexibility index (Phi) is 3.48. The van der Waals surface area contributed by atoms with E-state index in [2.05, 4.69) is 42.5 Å². The maximum Gasteiger partial charge on any atom is 0.188 e. The Morgan fingerprint density at radius 2 is 2.11 bits per heavy atom. The molecule has 1 spiro atoms. The topological polar surface area (TPSA) is 18.5 Å². The van der Waals surface area contributed by atoms with Gasteiger partial charge in [-0.15, -0.1) is 0 Å². The highest BCUT2D eigenvalue weighted by molar-refractivity contribution is 5.15. The average Bonchev–Trinajstić information content (AvgIpc) is 2.86. The second-order valence-corrected chi connectivity index (χ2v) is 5.17. The van der Waals surface area contributed by atoms with E-state index in [0.29, 0.717) is 6.10 Å². The Labute approximate surface area is 109 Å². The summed E-state index contributed by atoms with van der Waals surface area (Å²) < 4.78 is 11.9. The van der Waals surface area contributed by atoms with Gasteiger partial charge >= 0.3 is 0 Å². The molecular formula is C16H20O2. The highest BCUT2D eigenvalue weighted by Crippen LogP contribution is 2.34. The number of hydrogen-bond acceptors (Lipinski definition) is 2. The molecule has 1 aromatic rings. The third-order valence-electron chi connectivity index (χ3n) is 3.75. The summed E-state index contributed by atoms with van der Waals surface area (Å²) in [5.74, 6) is -0.389. The van der Waals surface area contributed by atoms with E-state index < -0.39 is 0 Å². The summed E-state index contributed by atoms with van der Waals surface area (Å²) in [7, 11) is 0. The van der Waals surface area contributed by atoms with E-state index in [4.69, 9.17) is 9.47 Å². The Balaban J connectivity index is 1.56. The van der Waals surface area contributed by atoms with Crippen LogP contribution in [-0.2, 0) is 15.9 Å². The van der Waals surface area contributed by atoms with Crippen LogP contribution in [0.3, 0.4) is 0 Å². The Bertz CT molecular complexity index is 404. The van der Waals surface area contributed by atoms with Crippen molar-refractivity contribution in [3.8, 4) is 0 Å². The van der Waals surface area contributed by atoms with Crippen molar-refractivity contribution in [1.29, 1.82) is 0 Å². The molecule has 0 aromatic heterocycles. The molecule has 18 heavy (non-hydrogen) atoms. The lowest BCUT2D eigenvalue weighted by molar-refractivity contribution is -0.209. The molecule has 1 fully saturated rings. The third-order valence-corrected chi connectivity index (χ3v) is 3.75. The molecule has 0 radical (unpaired) electrons. The molecule has 2 aliphatic heterocycles. The van der Waals surface area contributed by atoms with Crippen LogP contribution in [-0.4, -0.2) is 18.5 Å². The fourth-order valence-corrected chi connectivity index (χ4v) is 2.78. The zero-order chi connectivity index (χ0) is 12.3. The molecule has 2 nitrogen and oxygen atoms in total. The van der Waals surface area contributed by atoms with Crippen molar-refractivity contribution in [2.24, 2.45) is 0 Å². The van der Waals surface area contributed by atoms with Gasteiger partial charge in [0.25, 0.3) is 0 Å². The predicted octanol–water partition coefficient (Wildman–Crippen LogP) is 3.47. The van der Waals surface area contributed by atoms with E-state index in [1.54, 1.807) is 0 Å². The van der Waals surface area contributed by atoms with E-state index in [1.165, 1.54) is 5.56 Å². The van der Waals surface area contributed by atoms with Crippen molar-refractivity contribution < 1.29 is 9.47 Å². The first-order chi connectivity index (χ1) is 8.86. The van der Waals surface area contributed by atoms with Gasteiger partial charge in [-0.3, -0.25) is 0 Å². The van der Waals surface area contributed by atoms with Gasteiger partial charge in [-0.25, -0.2) is 0 Å². The molecule has 3 rings (SSSR count). The van der Waals surface area contributed by atoms with E-state index in [0.717, 1.165) is 38.7 Å². The first kappa shape index (κ1) is 11.9. The highest BCUT2D eigenvalue weighted by atomic mass is 16.7. The van der Waals surface area contributed by atoms with Crippen LogP contribution in [0.1, 0.15) is 31.2 Å². The second kappa shape index (κ2) is 5.25. The zero-order valence-corrected chi connectivity index (χ0v) is 10.7. The minimum atomic E-state index is -0.389. The summed E-state index contributed by atoms with van der Waals surface area (Å²) in [5, 5.41) is 0. The number of rotatable bonds is 3. The SMILES string of the molecule is C1=C[C@]2(CCCO2)O[C@H](CCc2ccccc2)C1. The fourth-order valence-electron chi connectivity index (χ4n) is 2.78. The molecular weight excluding hydrogens is 224 g/mol. The molecule has 0 saturated carbocycles. The molecule has 0 N–H and O–H groups in total. The van der Waals surface area contributed by atoms with Crippen molar-refractivity contribution in [3.05, 3.63) is 48.0 Å². The summed E-state index contributed by atoms with van der Waals surface area (Å²) in [6.07, 6.45) is 9.91. The first-order valence-corrected chi connectivity index (χ1v) is 6.90. The number of hydrogen-bond donors (Lipinski definition) is 0. The van der Waals surface area contributed by atoms with Crippen LogP contribution in [0.2, 0.25) is 0 Å². The van der Waals surface area contributed by atoms with Gasteiger partial charge in [0.2, 0.25) is 0 Å². The summed E-state index contributed by atoms with van der Waals surface area (Å²) in [6.45, 7) is 0.829. The lowest BCUT2D eigenvalue weighted by Crippen LogP contribution is -2.37. The van der Waals surface area contributed by atoms with Crippen LogP contribution in [0, 0.1) is 0 Å². The van der Waals surface area contributed by atoms with Crippen molar-refractivity contribution >= 4 is 0 Å². The molecule has 0 aliphatic carbocycles. The second-order valence-electron chi connectivity index (χ2n) is 5.17. The smallest absolute Gasteiger partial charge is 0.188 e. The van der Waals surface area contributed by atoms with Gasteiger partial charge in [-0.1, -0.05) is 36.4 Å². The maximum absolute atomic E-state index is 6.15. The molecule has 2 aliphatic rings. The third kappa shape index (κ3) is 2.65. The van der Waals surface area contributed by atoms with E-state index in [9.17, 15) is 0 Å². The normalized spacial score (nSPS) is 31.0. The molecule has 1 saturated heterocycles. The largest absolute Gasteiger partial charge is 0.346 e. The first-order valence-electron chi connectivity index (χ1n) is 6.90. The van der Waals surface area contributed by atoms with Crippen molar-refractivity contribution in [2.45, 2.75) is 44.0 Å². The van der Waals surface area contributed by atoms with Crippen molar-refractivity contribution in [2.75, 3.05) is 6.61 Å². The van der Waals surface area contributed by atoms with Gasteiger partial charge in [0, 0.05) is 6.42 Å². The molecule has 2 heterocycles. The lowest BCUT2D eigenvalue weighted by Gasteiger charge is -2.33. The number of benzene rings is 1. The van der Waals surface area contributed by atoms with Crippen molar-refractivity contribution in [3.63, 3.8) is 0 Å². The van der Waals surface area contributed by atoms with Crippen LogP contribution >= 0.6 is 0 Å². The summed E-state index contributed by atoms with van der Waals surface area (Å²) in [6, 6.07) is 10.6. The van der Waals surface area contributed by atoms with Gasteiger partial charge in [-0.05, 0) is 37.3 Å². The summed E-state index contributed by atoms with van der Waals surface area (Å²) in [4.78, 5) is 0. The predicted molar refractivity (Wildman–Crippen MR) is 71.3 cm³/mol. The Hall–Kier alpha value is -1.12. The van der Waals surface area contributed by atoms with Gasteiger partial charge in [0.15, 0.2) is 5.79 Å². The van der Waals surface area contributed by atoms with E-state index in [1.807, 2.05) is 0 Å². The van der Waals surface area contributed by atoms with Gasteiger partial charge in [0.1, 0.15) is 0 Å². The minimum absolute atomic E-state index is 0.299. The average molecular weight is 244 g/mol. The van der Waals surface area contributed by atoms with Gasteiger partial charge < -0.3 is 9.47 Å². The van der Waals surface area contributed by atoms with E-state index in [-0.39, 0.29) is 5.79 Å². The molecule has 0 amide bonds. The van der Waals surface area contributed by atoms with Crippen molar-refractivity contribution in [1.82, 2.24) is 0 Å². The zero-order valence-electron chi connectivity index (χ0n) is 10.7. The van der Waals surface area contributed by atoms with Crippen LogP contribution in [0.15, 0.2) is 42.5 Å². The van der Waals surface area contributed by atoms with Gasteiger partial charge in [-0.2, -0.15) is 0 Å². The Morgan fingerprint density at radius 1 is 1.22 bits per heavy atom. The molecule has 2 heteroatoms. The lowest BCUT2D eigenvalue weighted by atomic mass is 10.0. The molecule has 0 bridgehead atoms. The number of ether oxygens (including phenoxy) is 2. The van der Waals surface area contributed by atoms with Crippen LogP contribution in [0.4, 0.5) is 0 Å². The molecule has 0 unspecified atom stereocenters. The van der Waals surface area contributed by atoms with Crippen LogP contribution in [0.5, 0.6) is 0 Å². The molecule has 96 valence electrons. The summed E-state index contributed by atoms with van der Waals surface area (Å²) >= 11 is 0. The standard InChI is InChI=1S/C16H20O2/c1-2-6-14(7-3-1)9-10-15-8-4-11-16(18-15)12-5-13-17-16/h1-4,6-7,11,15H,5,8-10,12-13H2/t15-,16+/m0/s1. The van der Waals surface area contributed by atoms with Gasteiger partial charge in [0.05, 0.1) is 12.7 Å². The van der Waals surface area contributed by atoms with E-state index >= 15 is 0 Å². The highest BCUT2D eigenvalue weighted by Gasteiger charge is 2.37. The Morgan fingerprint density at radius 3 is 2.89 bits per heavy atom. The summed E-state index contributed by atoms with van der Waals surface area (Å²) in [5.41, 5.74) is 1.39. The van der Waals surface area contributed by atoms with Crippen LogP contribution < -0.4 is 0 Å². The number of aryl methyl sites for hydroxylation is 1.